The van der Waals surface area contributed by atoms with Crippen LogP contribution in [0, 0.1) is 0 Å². The summed E-state index contributed by atoms with van der Waals surface area (Å²) in [5.74, 6) is 0. The Bertz CT molecular complexity index is 83.7. The van der Waals surface area contributed by atoms with Gasteiger partial charge in [-0.25, -0.2) is 0 Å². The molecule has 0 aliphatic rings. The van der Waals surface area contributed by atoms with Crippen LogP contribution < -0.4 is 10.6 Å². The van der Waals surface area contributed by atoms with Crippen LogP contribution in [0.4, 0.5) is 0 Å². The molecule has 0 radical (unpaired) electrons. The van der Waals surface area contributed by atoms with Gasteiger partial charge in [-0.1, -0.05) is 6.58 Å². The van der Waals surface area contributed by atoms with Gasteiger partial charge in [0.05, 0.1) is 0 Å². The Morgan fingerprint density at radius 1 is 1.56 bits per heavy atom. The van der Waals surface area contributed by atoms with Crippen LogP contribution >= 0.6 is 0 Å². The van der Waals surface area contributed by atoms with Crippen molar-refractivity contribution in [1.82, 2.24) is 10.6 Å². The maximum atomic E-state index is 3.72. The largest absolute Gasteiger partial charge is 0.389 e. The van der Waals surface area contributed by atoms with Crippen molar-refractivity contribution in [3.05, 3.63) is 12.3 Å². The summed E-state index contributed by atoms with van der Waals surface area (Å²) in [6.07, 6.45) is 1.16. The molecule has 0 saturated carbocycles. The summed E-state index contributed by atoms with van der Waals surface area (Å²) in [4.78, 5) is 0. The van der Waals surface area contributed by atoms with Crippen molar-refractivity contribution < 1.29 is 1.43 Å². The molecule has 0 bridgehead atoms. The fourth-order valence-corrected chi connectivity index (χ4v) is 0.567. The van der Waals surface area contributed by atoms with Crippen molar-refractivity contribution in [2.45, 2.75) is 13.3 Å². The first-order valence-electron chi connectivity index (χ1n) is 3.31. The fourth-order valence-electron chi connectivity index (χ4n) is 0.567. The second kappa shape index (κ2) is 5.63. The van der Waals surface area contributed by atoms with Crippen molar-refractivity contribution in [2.24, 2.45) is 0 Å². The Labute approximate surface area is 58.8 Å². The highest BCUT2D eigenvalue weighted by Crippen LogP contribution is 1.78. The lowest BCUT2D eigenvalue weighted by molar-refractivity contribution is 0.677. The molecule has 0 aliphatic carbocycles. The summed E-state index contributed by atoms with van der Waals surface area (Å²) < 4.78 is 0. The van der Waals surface area contributed by atoms with E-state index in [4.69, 9.17) is 0 Å². The minimum absolute atomic E-state index is 0. The SMILES string of the molecule is C=C(C)NCCCNC.[HH]. The van der Waals surface area contributed by atoms with Crippen LogP contribution in [0.1, 0.15) is 14.8 Å². The first kappa shape index (κ1) is 8.50. The van der Waals surface area contributed by atoms with Crippen molar-refractivity contribution >= 4 is 0 Å². The maximum Gasteiger partial charge on any atom is 0.0155 e. The van der Waals surface area contributed by atoms with Crippen LogP contribution in [-0.2, 0) is 0 Å². The molecule has 0 saturated heterocycles. The predicted octanol–water partition coefficient (Wildman–Crippen LogP) is 0.965. The van der Waals surface area contributed by atoms with Crippen LogP contribution in [-0.4, -0.2) is 20.1 Å². The molecule has 0 rings (SSSR count). The molecule has 0 aromatic carbocycles. The Hall–Kier alpha value is -0.500. The lowest BCUT2D eigenvalue weighted by Crippen LogP contribution is -2.17. The Balaban J connectivity index is 0. The van der Waals surface area contributed by atoms with Gasteiger partial charge in [-0.2, -0.15) is 0 Å². The van der Waals surface area contributed by atoms with Crippen LogP contribution in [0.2, 0.25) is 0 Å². The molecule has 0 aromatic rings. The first-order valence-corrected chi connectivity index (χ1v) is 3.31. The average Bonchev–Trinajstić information content (AvgIpc) is 1.80. The van der Waals surface area contributed by atoms with Crippen LogP contribution in [0.25, 0.3) is 0 Å². The zero-order valence-electron chi connectivity index (χ0n) is 6.33. The lowest BCUT2D eigenvalue weighted by Gasteiger charge is -2.02. The van der Waals surface area contributed by atoms with E-state index >= 15 is 0 Å². The highest BCUT2D eigenvalue weighted by Gasteiger charge is 1.83. The Kier molecular flexibility index (Phi) is 5.32. The number of hydrogen-bond acceptors (Lipinski definition) is 2. The molecule has 0 amide bonds. The smallest absolute Gasteiger partial charge is 0.0155 e. The zero-order chi connectivity index (χ0) is 7.11. The minimum Gasteiger partial charge on any atom is -0.389 e. The molecular formula is C7H18N2. The number of rotatable bonds is 5. The predicted molar refractivity (Wildman–Crippen MR) is 43.5 cm³/mol. The zero-order valence-corrected chi connectivity index (χ0v) is 6.33. The third-order valence-electron chi connectivity index (χ3n) is 1.03. The van der Waals surface area contributed by atoms with Crippen LogP contribution in [0.5, 0.6) is 0 Å². The summed E-state index contributed by atoms with van der Waals surface area (Å²) in [6.45, 7) is 7.79. The third kappa shape index (κ3) is 7.50. The molecule has 56 valence electrons. The summed E-state index contributed by atoms with van der Waals surface area (Å²) >= 11 is 0. The van der Waals surface area contributed by atoms with Crippen molar-refractivity contribution in [2.75, 3.05) is 20.1 Å². The van der Waals surface area contributed by atoms with Crippen molar-refractivity contribution in [3.8, 4) is 0 Å². The van der Waals surface area contributed by atoms with Gasteiger partial charge in [0.25, 0.3) is 0 Å². The molecule has 0 fully saturated rings. The van der Waals surface area contributed by atoms with E-state index < -0.39 is 0 Å². The van der Waals surface area contributed by atoms with E-state index in [9.17, 15) is 0 Å². The highest BCUT2D eigenvalue weighted by atomic mass is 14.9. The average molecular weight is 130 g/mol. The lowest BCUT2D eigenvalue weighted by atomic mass is 10.4. The summed E-state index contributed by atoms with van der Waals surface area (Å²) in [7, 11) is 1.96. The highest BCUT2D eigenvalue weighted by molar-refractivity contribution is 4.83. The summed E-state index contributed by atoms with van der Waals surface area (Å²) in [6, 6.07) is 0. The Morgan fingerprint density at radius 3 is 2.67 bits per heavy atom. The fraction of sp³-hybridized carbons (Fsp3) is 0.714. The Morgan fingerprint density at radius 2 is 2.22 bits per heavy atom. The van der Waals surface area contributed by atoms with Gasteiger partial charge in [0, 0.05) is 13.7 Å². The number of nitrogens with one attached hydrogen (secondary N) is 2. The van der Waals surface area contributed by atoms with E-state index in [0.717, 1.165) is 25.2 Å². The quantitative estimate of drug-likeness (QED) is 0.542. The standard InChI is InChI=1S/C7H16N2.H2/c1-7(2)9-6-4-5-8-3;/h8-9H,1,4-6H2,2-3H3;1H. The van der Waals surface area contributed by atoms with E-state index in [-0.39, 0.29) is 1.43 Å². The number of allylic oxidation sites excluding steroid dienone is 1. The second-order valence-corrected chi connectivity index (χ2v) is 2.16. The molecule has 0 heterocycles. The normalized spacial score (nSPS) is 9.11. The molecule has 2 N–H and O–H groups in total. The van der Waals surface area contributed by atoms with Crippen LogP contribution in [0.15, 0.2) is 12.3 Å². The van der Waals surface area contributed by atoms with E-state index in [1.165, 1.54) is 0 Å². The van der Waals surface area contributed by atoms with Crippen LogP contribution in [0.3, 0.4) is 0 Å². The summed E-state index contributed by atoms with van der Waals surface area (Å²) in [5, 5.41) is 6.22. The van der Waals surface area contributed by atoms with Gasteiger partial charge >= 0.3 is 0 Å². The maximum absolute atomic E-state index is 3.72. The molecule has 0 atom stereocenters. The monoisotopic (exact) mass is 130 g/mol. The summed E-state index contributed by atoms with van der Waals surface area (Å²) in [5.41, 5.74) is 1.05. The molecule has 0 aliphatic heterocycles. The molecule has 0 spiro atoms. The van der Waals surface area contributed by atoms with Crippen molar-refractivity contribution in [3.63, 3.8) is 0 Å². The molecule has 2 nitrogen and oxygen atoms in total. The molecular weight excluding hydrogens is 112 g/mol. The van der Waals surface area contributed by atoms with E-state index in [1.54, 1.807) is 0 Å². The topological polar surface area (TPSA) is 24.1 Å². The van der Waals surface area contributed by atoms with E-state index in [1.807, 2.05) is 14.0 Å². The van der Waals surface area contributed by atoms with E-state index in [0.29, 0.717) is 0 Å². The van der Waals surface area contributed by atoms with Gasteiger partial charge in [0.2, 0.25) is 0 Å². The van der Waals surface area contributed by atoms with Gasteiger partial charge in [0.1, 0.15) is 0 Å². The van der Waals surface area contributed by atoms with Gasteiger partial charge in [-0.3, -0.25) is 0 Å². The third-order valence-corrected chi connectivity index (χ3v) is 1.03. The molecule has 9 heavy (non-hydrogen) atoms. The molecule has 0 aromatic heterocycles. The number of hydrogen-bond donors (Lipinski definition) is 2. The molecule has 2 heteroatoms. The van der Waals surface area contributed by atoms with Gasteiger partial charge in [-0.05, 0) is 26.9 Å². The first-order chi connectivity index (χ1) is 4.27. The molecule has 0 unspecified atom stereocenters. The van der Waals surface area contributed by atoms with Gasteiger partial charge in [-0.15, -0.1) is 0 Å². The second-order valence-electron chi connectivity index (χ2n) is 2.16. The van der Waals surface area contributed by atoms with E-state index in [2.05, 4.69) is 17.2 Å². The van der Waals surface area contributed by atoms with Gasteiger partial charge in [0.15, 0.2) is 0 Å². The van der Waals surface area contributed by atoms with Gasteiger partial charge < -0.3 is 10.6 Å². The van der Waals surface area contributed by atoms with Crippen molar-refractivity contribution in [1.29, 1.82) is 0 Å². The minimum atomic E-state index is 0.